The van der Waals surface area contributed by atoms with Gasteiger partial charge < -0.3 is 15.1 Å². The van der Waals surface area contributed by atoms with Crippen LogP contribution in [-0.4, -0.2) is 48.3 Å². The van der Waals surface area contributed by atoms with Crippen molar-refractivity contribution in [1.29, 1.82) is 5.26 Å². The van der Waals surface area contributed by atoms with Crippen LogP contribution in [0.5, 0.6) is 0 Å². The molecule has 1 aliphatic rings. The van der Waals surface area contributed by atoms with E-state index in [1.165, 1.54) is 0 Å². The Labute approximate surface area is 136 Å². The molecule has 23 heavy (non-hydrogen) atoms. The largest absolute Gasteiger partial charge is 0.373 e. The third-order valence-corrected chi connectivity index (χ3v) is 3.80. The van der Waals surface area contributed by atoms with Crippen molar-refractivity contribution in [2.45, 2.75) is 13.8 Å². The number of anilines is 1. The number of rotatable bonds is 4. The average Bonchev–Trinajstić information content (AvgIpc) is 2.55. The van der Waals surface area contributed by atoms with Crippen LogP contribution in [-0.2, 0) is 9.59 Å². The number of carbonyl (C=O) groups excluding carboxylic acids is 2. The highest BCUT2D eigenvalue weighted by Crippen LogP contribution is 2.17. The van der Waals surface area contributed by atoms with Gasteiger partial charge >= 0.3 is 0 Å². The van der Waals surface area contributed by atoms with Crippen molar-refractivity contribution in [3.63, 3.8) is 0 Å². The van der Waals surface area contributed by atoms with Crippen molar-refractivity contribution in [2.24, 2.45) is 0 Å². The Bertz CT molecular complexity index is 668. The molecule has 1 aliphatic heterocycles. The van der Waals surface area contributed by atoms with Gasteiger partial charge in [-0.3, -0.25) is 9.59 Å². The SMILES string of the molecule is Cc1ccc(NC(=O)/C(C#N)=C\N2CCN(C=O)CC2)c(C)c1. The van der Waals surface area contributed by atoms with Crippen LogP contribution in [0.2, 0.25) is 0 Å². The fourth-order valence-corrected chi connectivity index (χ4v) is 2.44. The first-order chi connectivity index (χ1) is 11.0. The maximum Gasteiger partial charge on any atom is 0.267 e. The summed E-state index contributed by atoms with van der Waals surface area (Å²) in [5, 5.41) is 12.0. The molecule has 1 fully saturated rings. The quantitative estimate of drug-likeness (QED) is 0.518. The molecule has 6 heteroatoms. The van der Waals surface area contributed by atoms with Gasteiger partial charge in [0.25, 0.3) is 5.91 Å². The molecular weight excluding hydrogens is 292 g/mol. The van der Waals surface area contributed by atoms with Crippen LogP contribution in [0, 0.1) is 25.2 Å². The summed E-state index contributed by atoms with van der Waals surface area (Å²) < 4.78 is 0. The summed E-state index contributed by atoms with van der Waals surface area (Å²) in [4.78, 5) is 26.5. The molecular formula is C17H20N4O2. The smallest absolute Gasteiger partial charge is 0.267 e. The van der Waals surface area contributed by atoms with Crippen LogP contribution >= 0.6 is 0 Å². The van der Waals surface area contributed by atoms with Crippen LogP contribution in [0.3, 0.4) is 0 Å². The lowest BCUT2D eigenvalue weighted by Gasteiger charge is -2.31. The topological polar surface area (TPSA) is 76.4 Å². The first-order valence-corrected chi connectivity index (χ1v) is 7.47. The van der Waals surface area contributed by atoms with Gasteiger partial charge in [0.2, 0.25) is 6.41 Å². The van der Waals surface area contributed by atoms with Gasteiger partial charge in [-0.25, -0.2) is 0 Å². The van der Waals surface area contributed by atoms with E-state index in [-0.39, 0.29) is 5.57 Å². The summed E-state index contributed by atoms with van der Waals surface area (Å²) in [5.41, 5.74) is 2.83. The molecule has 0 aromatic heterocycles. The predicted octanol–water partition coefficient (Wildman–Crippen LogP) is 1.42. The minimum absolute atomic E-state index is 0.0597. The lowest BCUT2D eigenvalue weighted by atomic mass is 10.1. The lowest BCUT2D eigenvalue weighted by molar-refractivity contribution is -0.119. The number of aryl methyl sites for hydroxylation is 2. The third-order valence-electron chi connectivity index (χ3n) is 3.80. The van der Waals surface area contributed by atoms with Crippen molar-refractivity contribution >= 4 is 18.0 Å². The van der Waals surface area contributed by atoms with Gasteiger partial charge in [-0.1, -0.05) is 17.7 Å². The van der Waals surface area contributed by atoms with E-state index in [9.17, 15) is 14.9 Å². The van der Waals surface area contributed by atoms with E-state index in [0.29, 0.717) is 31.9 Å². The van der Waals surface area contributed by atoms with E-state index in [2.05, 4.69) is 5.32 Å². The van der Waals surface area contributed by atoms with Crippen LogP contribution in [0.4, 0.5) is 5.69 Å². The zero-order valence-electron chi connectivity index (χ0n) is 13.4. The molecule has 0 unspecified atom stereocenters. The van der Waals surface area contributed by atoms with Gasteiger partial charge in [-0.2, -0.15) is 5.26 Å². The van der Waals surface area contributed by atoms with Gasteiger partial charge in [-0.05, 0) is 25.5 Å². The number of hydrogen-bond acceptors (Lipinski definition) is 4. The second-order valence-electron chi connectivity index (χ2n) is 5.60. The zero-order valence-corrected chi connectivity index (χ0v) is 13.4. The van der Waals surface area contributed by atoms with E-state index in [1.54, 1.807) is 11.1 Å². The minimum Gasteiger partial charge on any atom is -0.373 e. The van der Waals surface area contributed by atoms with E-state index in [1.807, 2.05) is 43.0 Å². The lowest BCUT2D eigenvalue weighted by Crippen LogP contribution is -2.43. The molecule has 0 atom stereocenters. The molecule has 1 heterocycles. The minimum atomic E-state index is -0.419. The summed E-state index contributed by atoms with van der Waals surface area (Å²) in [6.45, 7) is 6.31. The van der Waals surface area contributed by atoms with Crippen molar-refractivity contribution in [3.8, 4) is 6.07 Å². The molecule has 1 N–H and O–H groups in total. The molecule has 1 saturated heterocycles. The number of nitrogens with zero attached hydrogens (tertiary/aromatic N) is 3. The fourth-order valence-electron chi connectivity index (χ4n) is 2.44. The summed E-state index contributed by atoms with van der Waals surface area (Å²) in [6.07, 6.45) is 2.39. The molecule has 2 rings (SSSR count). The number of benzene rings is 1. The van der Waals surface area contributed by atoms with Gasteiger partial charge in [0.05, 0.1) is 0 Å². The standard InChI is InChI=1S/C17H20N4O2/c1-13-3-4-16(14(2)9-13)19-17(23)15(10-18)11-20-5-7-21(12-22)8-6-20/h3-4,9,11-12H,5-8H2,1-2H3,(H,19,23)/b15-11-. The number of amides is 2. The van der Waals surface area contributed by atoms with E-state index in [4.69, 9.17) is 0 Å². The fraction of sp³-hybridized carbons (Fsp3) is 0.353. The first kappa shape index (κ1) is 16.6. The molecule has 1 aromatic carbocycles. The summed E-state index contributed by atoms with van der Waals surface area (Å²) in [7, 11) is 0. The summed E-state index contributed by atoms with van der Waals surface area (Å²) in [6, 6.07) is 7.67. The Hall–Kier alpha value is -2.81. The molecule has 0 radical (unpaired) electrons. The molecule has 0 saturated carbocycles. The van der Waals surface area contributed by atoms with Crippen molar-refractivity contribution in [2.75, 3.05) is 31.5 Å². The number of nitrogens with one attached hydrogen (secondary N) is 1. The van der Waals surface area contributed by atoms with E-state index in [0.717, 1.165) is 17.5 Å². The van der Waals surface area contributed by atoms with E-state index >= 15 is 0 Å². The first-order valence-electron chi connectivity index (χ1n) is 7.47. The highest BCUT2D eigenvalue weighted by molar-refractivity contribution is 6.06. The number of piperazine rings is 1. The highest BCUT2D eigenvalue weighted by Gasteiger charge is 2.16. The van der Waals surface area contributed by atoms with Crippen molar-refractivity contribution in [3.05, 3.63) is 41.1 Å². The number of carbonyl (C=O) groups is 2. The number of hydrogen-bond donors (Lipinski definition) is 1. The predicted molar refractivity (Wildman–Crippen MR) is 87.5 cm³/mol. The van der Waals surface area contributed by atoms with Gasteiger partial charge in [0.15, 0.2) is 0 Å². The molecule has 2 amide bonds. The Morgan fingerprint density at radius 3 is 2.43 bits per heavy atom. The van der Waals surface area contributed by atoms with Crippen LogP contribution in [0.1, 0.15) is 11.1 Å². The zero-order chi connectivity index (χ0) is 16.8. The van der Waals surface area contributed by atoms with Gasteiger partial charge in [0.1, 0.15) is 11.6 Å². The van der Waals surface area contributed by atoms with Crippen LogP contribution < -0.4 is 5.32 Å². The second-order valence-corrected chi connectivity index (χ2v) is 5.60. The van der Waals surface area contributed by atoms with Gasteiger partial charge in [-0.15, -0.1) is 0 Å². The van der Waals surface area contributed by atoms with Crippen molar-refractivity contribution in [1.82, 2.24) is 9.80 Å². The summed E-state index contributed by atoms with van der Waals surface area (Å²) >= 11 is 0. The monoisotopic (exact) mass is 312 g/mol. The molecule has 120 valence electrons. The highest BCUT2D eigenvalue weighted by atomic mass is 16.1. The van der Waals surface area contributed by atoms with Crippen LogP contribution in [0.25, 0.3) is 0 Å². The normalized spacial score (nSPS) is 15.1. The Morgan fingerprint density at radius 2 is 1.87 bits per heavy atom. The molecule has 0 bridgehead atoms. The average molecular weight is 312 g/mol. The maximum absolute atomic E-state index is 12.3. The van der Waals surface area contributed by atoms with Crippen LogP contribution in [0.15, 0.2) is 30.0 Å². The van der Waals surface area contributed by atoms with Gasteiger partial charge in [0, 0.05) is 38.1 Å². The second kappa shape index (κ2) is 7.45. The van der Waals surface area contributed by atoms with E-state index < -0.39 is 5.91 Å². The van der Waals surface area contributed by atoms with Crippen molar-refractivity contribution < 1.29 is 9.59 Å². The Balaban J connectivity index is 2.05. The molecule has 0 aliphatic carbocycles. The number of nitriles is 1. The Morgan fingerprint density at radius 1 is 1.22 bits per heavy atom. The molecule has 1 aromatic rings. The Kier molecular flexibility index (Phi) is 5.36. The summed E-state index contributed by atoms with van der Waals surface area (Å²) in [5.74, 6) is -0.419. The maximum atomic E-state index is 12.3. The molecule has 6 nitrogen and oxygen atoms in total. The molecule has 0 spiro atoms. The third kappa shape index (κ3) is 4.33.